The molecule has 4 aromatic rings. The molecule has 0 bridgehead atoms. The van der Waals surface area contributed by atoms with Crippen LogP contribution < -0.4 is 4.90 Å². The van der Waals surface area contributed by atoms with E-state index in [2.05, 4.69) is 59.1 Å². The van der Waals surface area contributed by atoms with E-state index in [-0.39, 0.29) is 0 Å². The summed E-state index contributed by atoms with van der Waals surface area (Å²) in [5, 5.41) is 9.84. The second kappa shape index (κ2) is 9.47. The Labute approximate surface area is 188 Å². The molecular weight excluding hydrogens is 390 g/mol. The van der Waals surface area contributed by atoms with Crippen LogP contribution in [0.5, 0.6) is 0 Å². The molecule has 0 radical (unpaired) electrons. The molecule has 0 aliphatic carbocycles. The summed E-state index contributed by atoms with van der Waals surface area (Å²) in [6.07, 6.45) is 0. The van der Waals surface area contributed by atoms with Gasteiger partial charge >= 0.3 is 0 Å². The van der Waals surface area contributed by atoms with Gasteiger partial charge in [-0.3, -0.25) is 0 Å². The largest absolute Gasteiger partial charge is 0.311 e. The zero-order valence-electron chi connectivity index (χ0n) is 17.7. The SMILES string of the molecule is [C-]#[N+]C(=C(C#N)c1ccc(N(c2ccccc2)c2ccc(C)cc2)cc1)c1ccccc1. The summed E-state index contributed by atoms with van der Waals surface area (Å²) in [5.74, 6) is 0. The number of para-hydroxylation sites is 1. The summed E-state index contributed by atoms with van der Waals surface area (Å²) in [5.41, 5.74) is 6.48. The monoisotopic (exact) mass is 411 g/mol. The minimum atomic E-state index is 0.360. The van der Waals surface area contributed by atoms with Crippen molar-refractivity contribution in [1.82, 2.24) is 0 Å². The van der Waals surface area contributed by atoms with Crippen LogP contribution >= 0.6 is 0 Å². The maximum atomic E-state index is 9.84. The quantitative estimate of drug-likeness (QED) is 0.191. The van der Waals surface area contributed by atoms with Gasteiger partial charge in [0, 0.05) is 17.1 Å². The molecule has 32 heavy (non-hydrogen) atoms. The molecule has 0 heterocycles. The van der Waals surface area contributed by atoms with E-state index in [0.29, 0.717) is 11.3 Å². The summed E-state index contributed by atoms with van der Waals surface area (Å²) in [6.45, 7) is 9.71. The molecule has 4 rings (SSSR count). The Kier molecular flexibility index (Phi) is 6.12. The average Bonchev–Trinajstić information content (AvgIpc) is 2.85. The number of nitrogens with zero attached hydrogens (tertiary/aromatic N) is 3. The Balaban J connectivity index is 1.78. The van der Waals surface area contributed by atoms with E-state index in [9.17, 15) is 5.26 Å². The van der Waals surface area contributed by atoms with Crippen molar-refractivity contribution in [2.45, 2.75) is 6.92 Å². The molecular formula is C29H21N3. The van der Waals surface area contributed by atoms with Crippen molar-refractivity contribution in [3.05, 3.63) is 137 Å². The molecule has 0 amide bonds. The Morgan fingerprint density at radius 1 is 0.688 bits per heavy atom. The molecule has 0 saturated heterocycles. The van der Waals surface area contributed by atoms with Crippen LogP contribution in [0.2, 0.25) is 0 Å². The lowest BCUT2D eigenvalue weighted by atomic mass is 10.00. The highest BCUT2D eigenvalue weighted by Gasteiger charge is 2.15. The van der Waals surface area contributed by atoms with Crippen molar-refractivity contribution in [3.8, 4) is 6.07 Å². The van der Waals surface area contributed by atoms with Gasteiger partial charge in [0.25, 0.3) is 0 Å². The molecule has 0 atom stereocenters. The van der Waals surface area contributed by atoms with Crippen LogP contribution in [0.4, 0.5) is 17.1 Å². The molecule has 0 aliphatic rings. The first kappa shape index (κ1) is 20.7. The minimum absolute atomic E-state index is 0.360. The smallest absolute Gasteiger partial charge is 0.212 e. The van der Waals surface area contributed by atoms with Gasteiger partial charge in [-0.2, -0.15) is 5.26 Å². The molecule has 152 valence electrons. The van der Waals surface area contributed by atoms with Crippen LogP contribution in [0.1, 0.15) is 16.7 Å². The summed E-state index contributed by atoms with van der Waals surface area (Å²) < 4.78 is 0. The second-order valence-electron chi connectivity index (χ2n) is 7.37. The first-order chi connectivity index (χ1) is 15.7. The lowest BCUT2D eigenvalue weighted by Gasteiger charge is -2.25. The van der Waals surface area contributed by atoms with Crippen molar-refractivity contribution in [3.63, 3.8) is 0 Å². The molecule has 0 fully saturated rings. The molecule has 3 heteroatoms. The molecule has 0 aromatic heterocycles. The minimum Gasteiger partial charge on any atom is -0.311 e. The number of allylic oxidation sites excluding steroid dienone is 1. The summed E-state index contributed by atoms with van der Waals surface area (Å²) >= 11 is 0. The third-order valence-electron chi connectivity index (χ3n) is 5.23. The Bertz CT molecular complexity index is 1310. The zero-order valence-corrected chi connectivity index (χ0v) is 17.7. The van der Waals surface area contributed by atoms with E-state index in [4.69, 9.17) is 6.57 Å². The van der Waals surface area contributed by atoms with Crippen LogP contribution in [0.3, 0.4) is 0 Å². The summed E-state index contributed by atoms with van der Waals surface area (Å²) in [4.78, 5) is 5.84. The van der Waals surface area contributed by atoms with E-state index in [0.717, 1.165) is 28.2 Å². The predicted molar refractivity (Wildman–Crippen MR) is 131 cm³/mol. The normalized spacial score (nSPS) is 11.1. The van der Waals surface area contributed by atoms with Crippen LogP contribution in [0, 0.1) is 24.8 Å². The van der Waals surface area contributed by atoms with Crippen LogP contribution in [0.15, 0.2) is 109 Å². The van der Waals surface area contributed by atoms with Crippen molar-refractivity contribution >= 4 is 28.3 Å². The highest BCUT2D eigenvalue weighted by atomic mass is 15.1. The molecule has 0 saturated carbocycles. The van der Waals surface area contributed by atoms with Crippen LogP contribution in [-0.4, -0.2) is 0 Å². The molecule has 0 unspecified atom stereocenters. The van der Waals surface area contributed by atoms with E-state index < -0.39 is 0 Å². The van der Waals surface area contributed by atoms with Gasteiger partial charge in [-0.25, -0.2) is 4.85 Å². The van der Waals surface area contributed by atoms with E-state index in [1.54, 1.807) is 0 Å². The van der Waals surface area contributed by atoms with Gasteiger partial charge in [0.2, 0.25) is 5.70 Å². The lowest BCUT2D eigenvalue weighted by Crippen LogP contribution is -2.09. The van der Waals surface area contributed by atoms with Crippen LogP contribution in [-0.2, 0) is 0 Å². The number of hydrogen-bond donors (Lipinski definition) is 0. The Hall–Kier alpha value is -4.60. The summed E-state index contributed by atoms with van der Waals surface area (Å²) in [6, 6.07) is 38.0. The first-order valence-corrected chi connectivity index (χ1v) is 10.3. The molecule has 3 nitrogen and oxygen atoms in total. The molecule has 4 aromatic carbocycles. The third kappa shape index (κ3) is 4.29. The fraction of sp³-hybridized carbons (Fsp3) is 0.0345. The predicted octanol–water partition coefficient (Wildman–Crippen LogP) is 7.78. The molecule has 0 aliphatic heterocycles. The highest BCUT2D eigenvalue weighted by molar-refractivity contribution is 6.00. The zero-order chi connectivity index (χ0) is 22.3. The lowest BCUT2D eigenvalue weighted by molar-refractivity contribution is 1.27. The fourth-order valence-corrected chi connectivity index (χ4v) is 3.61. The number of benzene rings is 4. The summed E-state index contributed by atoms with van der Waals surface area (Å²) in [7, 11) is 0. The number of aryl methyl sites for hydroxylation is 1. The third-order valence-corrected chi connectivity index (χ3v) is 5.23. The van der Waals surface area contributed by atoms with Crippen molar-refractivity contribution < 1.29 is 0 Å². The van der Waals surface area contributed by atoms with Crippen molar-refractivity contribution in [2.24, 2.45) is 0 Å². The van der Waals surface area contributed by atoms with Crippen molar-refractivity contribution in [2.75, 3.05) is 4.90 Å². The number of anilines is 3. The van der Waals surface area contributed by atoms with Gasteiger partial charge in [0.15, 0.2) is 0 Å². The van der Waals surface area contributed by atoms with Gasteiger partial charge in [0.05, 0.1) is 18.2 Å². The molecule has 0 N–H and O–H groups in total. The van der Waals surface area contributed by atoms with Gasteiger partial charge < -0.3 is 4.90 Å². The maximum Gasteiger partial charge on any atom is 0.212 e. The van der Waals surface area contributed by atoms with Gasteiger partial charge in [-0.1, -0.05) is 78.4 Å². The standard InChI is InChI=1S/C29H21N3/c1-22-13-17-26(18-14-22)32(25-11-7-4-8-12-25)27-19-15-23(16-20-27)28(21-30)29(31-2)24-9-5-3-6-10-24/h3-20H,1H3. The average molecular weight is 412 g/mol. The van der Waals surface area contributed by atoms with Gasteiger partial charge in [0.1, 0.15) is 0 Å². The highest BCUT2D eigenvalue weighted by Crippen LogP contribution is 2.36. The van der Waals surface area contributed by atoms with Gasteiger partial charge in [-0.05, 0) is 54.4 Å². The van der Waals surface area contributed by atoms with Crippen LogP contribution in [0.25, 0.3) is 16.1 Å². The topological polar surface area (TPSA) is 31.4 Å². The van der Waals surface area contributed by atoms with Crippen molar-refractivity contribution in [1.29, 1.82) is 5.26 Å². The number of hydrogen-bond acceptors (Lipinski definition) is 2. The Morgan fingerprint density at radius 3 is 1.72 bits per heavy atom. The molecule has 0 spiro atoms. The van der Waals surface area contributed by atoms with Gasteiger partial charge in [-0.15, -0.1) is 0 Å². The fourth-order valence-electron chi connectivity index (χ4n) is 3.61. The first-order valence-electron chi connectivity index (χ1n) is 10.3. The van der Waals surface area contributed by atoms with E-state index in [1.165, 1.54) is 5.56 Å². The number of rotatable bonds is 5. The Morgan fingerprint density at radius 2 is 1.19 bits per heavy atom. The second-order valence-corrected chi connectivity index (χ2v) is 7.37. The van der Waals surface area contributed by atoms with E-state index in [1.807, 2.05) is 72.8 Å². The maximum absolute atomic E-state index is 9.84. The van der Waals surface area contributed by atoms with E-state index >= 15 is 0 Å². The number of nitriles is 1.